The number of aliphatic imine (C=N–C) groups is 1. The first-order valence-electron chi connectivity index (χ1n) is 15.7. The lowest BCUT2D eigenvalue weighted by molar-refractivity contribution is 0.0975. The standard InChI is InChI=1S/C41H32N6O2/c1-24-14-12-20-30(26(24)3)40(48)46-38-32(23-42)35(28-16-8-6-9-17-28)33(44-38)22-34-36(29-18-10-7-11-19-29)37(43-5)39(45-34)47-41(49)31-21-13-15-25(2)27(31)4/h6-22,45H,1-4H3,(H,47,49)(H,44,46,48). The Morgan fingerprint density at radius 1 is 0.776 bits per heavy atom. The van der Waals surface area contributed by atoms with Gasteiger partial charge in [0.25, 0.3) is 11.8 Å². The van der Waals surface area contributed by atoms with Gasteiger partial charge < -0.3 is 15.6 Å². The van der Waals surface area contributed by atoms with Crippen molar-refractivity contribution < 1.29 is 9.59 Å². The van der Waals surface area contributed by atoms with Crippen LogP contribution < -0.4 is 10.6 Å². The van der Waals surface area contributed by atoms with E-state index in [0.717, 1.165) is 33.4 Å². The van der Waals surface area contributed by atoms with Crippen molar-refractivity contribution in [1.82, 2.24) is 10.3 Å². The molecule has 0 aliphatic carbocycles. The number of anilines is 1. The SMILES string of the molecule is [C-]#[N+]c1c(NC(=O)c2cccc(C)c2C)[nH]c(C=C2N=C(NC(=O)c3cccc(C)c3C)C(C#N)=C2c2ccccc2)c1-c1ccccc1. The maximum absolute atomic E-state index is 13.5. The summed E-state index contributed by atoms with van der Waals surface area (Å²) >= 11 is 0. The number of benzene rings is 4. The summed E-state index contributed by atoms with van der Waals surface area (Å²) in [5, 5.41) is 16.3. The van der Waals surface area contributed by atoms with Crippen LogP contribution in [0.3, 0.4) is 0 Å². The molecule has 238 valence electrons. The van der Waals surface area contributed by atoms with Crippen LogP contribution in [0.5, 0.6) is 0 Å². The van der Waals surface area contributed by atoms with Gasteiger partial charge >= 0.3 is 0 Å². The van der Waals surface area contributed by atoms with Gasteiger partial charge in [0.1, 0.15) is 17.5 Å². The number of aromatic nitrogens is 1. The Hall–Kier alpha value is -6.77. The number of aryl methyl sites for hydroxylation is 2. The van der Waals surface area contributed by atoms with Gasteiger partial charge in [-0.1, -0.05) is 84.9 Å². The van der Waals surface area contributed by atoms with E-state index in [1.54, 1.807) is 18.2 Å². The van der Waals surface area contributed by atoms with E-state index in [0.29, 0.717) is 33.7 Å². The van der Waals surface area contributed by atoms with E-state index >= 15 is 0 Å². The van der Waals surface area contributed by atoms with E-state index in [4.69, 9.17) is 11.6 Å². The van der Waals surface area contributed by atoms with E-state index in [1.807, 2.05) is 113 Å². The first kappa shape index (κ1) is 32.2. The smallest absolute Gasteiger partial charge is 0.257 e. The number of rotatable bonds is 6. The normalized spacial score (nSPS) is 13.1. The molecule has 1 aliphatic rings. The molecule has 4 aromatic carbocycles. The van der Waals surface area contributed by atoms with Crippen molar-refractivity contribution in [2.24, 2.45) is 4.99 Å². The van der Waals surface area contributed by atoms with E-state index in [9.17, 15) is 14.9 Å². The van der Waals surface area contributed by atoms with Gasteiger partial charge in [-0.05, 0) is 79.3 Å². The van der Waals surface area contributed by atoms with Gasteiger partial charge in [-0.3, -0.25) is 9.59 Å². The molecule has 1 aliphatic heterocycles. The minimum absolute atomic E-state index is 0.125. The lowest BCUT2D eigenvalue weighted by Gasteiger charge is -2.09. The number of hydrogen-bond acceptors (Lipinski definition) is 4. The van der Waals surface area contributed by atoms with E-state index in [1.165, 1.54) is 0 Å². The fourth-order valence-corrected chi connectivity index (χ4v) is 5.88. The second kappa shape index (κ2) is 13.5. The van der Waals surface area contributed by atoms with Crippen LogP contribution in [0.25, 0.3) is 27.6 Å². The molecule has 0 fully saturated rings. The van der Waals surface area contributed by atoms with Crippen LogP contribution in [0.15, 0.2) is 113 Å². The molecule has 3 N–H and O–H groups in total. The highest BCUT2D eigenvalue weighted by molar-refractivity contribution is 6.23. The van der Waals surface area contributed by atoms with Crippen LogP contribution in [0.1, 0.15) is 54.2 Å². The van der Waals surface area contributed by atoms with Crippen LogP contribution in [0.2, 0.25) is 0 Å². The molecule has 2 heterocycles. The van der Waals surface area contributed by atoms with Gasteiger partial charge in [-0.15, -0.1) is 0 Å². The molecule has 6 rings (SSSR count). The second-order valence-corrected chi connectivity index (χ2v) is 11.7. The molecule has 0 saturated heterocycles. The highest BCUT2D eigenvalue weighted by atomic mass is 16.2. The Labute approximate surface area is 285 Å². The summed E-state index contributed by atoms with van der Waals surface area (Å²) < 4.78 is 0. The summed E-state index contributed by atoms with van der Waals surface area (Å²) in [6.07, 6.45) is 1.75. The maximum Gasteiger partial charge on any atom is 0.257 e. The predicted octanol–water partition coefficient (Wildman–Crippen LogP) is 8.88. The average molecular weight is 641 g/mol. The number of H-pyrrole nitrogens is 1. The molecule has 0 unspecified atom stereocenters. The highest BCUT2D eigenvalue weighted by Gasteiger charge is 2.29. The van der Waals surface area contributed by atoms with Crippen LogP contribution >= 0.6 is 0 Å². The molecule has 0 bridgehead atoms. The van der Waals surface area contributed by atoms with E-state index in [-0.39, 0.29) is 34.7 Å². The summed E-state index contributed by atoms with van der Waals surface area (Å²) in [6.45, 7) is 15.8. The van der Waals surface area contributed by atoms with Crippen LogP contribution in [0.4, 0.5) is 11.5 Å². The Balaban J connectivity index is 1.51. The monoisotopic (exact) mass is 640 g/mol. The molecule has 8 nitrogen and oxygen atoms in total. The van der Waals surface area contributed by atoms with Crippen molar-refractivity contribution in [1.29, 1.82) is 5.26 Å². The van der Waals surface area contributed by atoms with Gasteiger partial charge in [0, 0.05) is 28.0 Å². The van der Waals surface area contributed by atoms with Crippen molar-refractivity contribution in [2.45, 2.75) is 27.7 Å². The maximum atomic E-state index is 13.5. The third kappa shape index (κ3) is 6.19. The zero-order valence-corrected chi connectivity index (χ0v) is 27.5. The third-order valence-electron chi connectivity index (χ3n) is 8.78. The fourth-order valence-electron chi connectivity index (χ4n) is 5.88. The van der Waals surface area contributed by atoms with E-state index < -0.39 is 0 Å². The molecule has 2 amide bonds. The second-order valence-electron chi connectivity index (χ2n) is 11.7. The lowest BCUT2D eigenvalue weighted by atomic mass is 9.97. The number of hydrogen-bond donors (Lipinski definition) is 3. The summed E-state index contributed by atoms with van der Waals surface area (Å²) in [7, 11) is 0. The molecular weight excluding hydrogens is 608 g/mol. The van der Waals surface area contributed by atoms with Gasteiger partial charge in [-0.2, -0.15) is 5.26 Å². The zero-order chi connectivity index (χ0) is 34.7. The Bertz CT molecular complexity index is 2310. The molecular formula is C41H32N6O2. The van der Waals surface area contributed by atoms with Crippen LogP contribution in [0, 0.1) is 45.6 Å². The minimum atomic E-state index is -0.377. The topological polar surface area (TPSA) is 114 Å². The summed E-state index contributed by atoms with van der Waals surface area (Å²) in [5.74, 6) is -0.362. The number of nitriles is 1. The van der Waals surface area contributed by atoms with Crippen molar-refractivity contribution in [3.63, 3.8) is 0 Å². The number of nitrogens with zero attached hydrogens (tertiary/aromatic N) is 3. The summed E-state index contributed by atoms with van der Waals surface area (Å²) in [4.78, 5) is 39.0. The Kier molecular flexibility index (Phi) is 8.89. The molecule has 8 heteroatoms. The van der Waals surface area contributed by atoms with Crippen molar-refractivity contribution >= 4 is 40.8 Å². The summed E-state index contributed by atoms with van der Waals surface area (Å²) in [5.41, 5.74) is 8.53. The Morgan fingerprint density at radius 3 is 1.88 bits per heavy atom. The van der Waals surface area contributed by atoms with E-state index in [2.05, 4.69) is 26.5 Å². The predicted molar refractivity (Wildman–Crippen MR) is 194 cm³/mol. The largest absolute Gasteiger partial charge is 0.351 e. The lowest BCUT2D eigenvalue weighted by Crippen LogP contribution is -2.31. The number of amides is 2. The number of aromatic amines is 1. The molecule has 5 aromatic rings. The van der Waals surface area contributed by atoms with Crippen molar-refractivity contribution in [3.05, 3.63) is 164 Å². The molecule has 0 atom stereocenters. The number of carbonyl (C=O) groups is 2. The fraction of sp³-hybridized carbons (Fsp3) is 0.0976. The van der Waals surface area contributed by atoms with Gasteiger partial charge in [0.15, 0.2) is 5.84 Å². The van der Waals surface area contributed by atoms with Gasteiger partial charge in [-0.25, -0.2) is 9.84 Å². The zero-order valence-electron chi connectivity index (χ0n) is 27.5. The molecule has 0 radical (unpaired) electrons. The van der Waals surface area contributed by atoms with Gasteiger partial charge in [0.2, 0.25) is 5.69 Å². The van der Waals surface area contributed by atoms with Crippen molar-refractivity contribution in [2.75, 3.05) is 5.32 Å². The number of amidine groups is 1. The first-order chi connectivity index (χ1) is 23.7. The number of nitrogens with one attached hydrogen (secondary N) is 3. The minimum Gasteiger partial charge on any atom is -0.351 e. The van der Waals surface area contributed by atoms with Gasteiger partial charge in [0.05, 0.1) is 12.3 Å². The first-order valence-corrected chi connectivity index (χ1v) is 15.7. The number of allylic oxidation sites excluding steroid dienone is 1. The third-order valence-corrected chi connectivity index (χ3v) is 8.78. The Morgan fingerprint density at radius 2 is 1.33 bits per heavy atom. The molecule has 0 saturated carbocycles. The molecule has 0 spiro atoms. The molecule has 1 aromatic heterocycles. The quantitative estimate of drug-likeness (QED) is 0.161. The summed E-state index contributed by atoms with van der Waals surface area (Å²) in [6, 6.07) is 32.0. The van der Waals surface area contributed by atoms with Crippen LogP contribution in [-0.4, -0.2) is 22.6 Å². The van der Waals surface area contributed by atoms with Crippen LogP contribution in [-0.2, 0) is 0 Å². The highest BCUT2D eigenvalue weighted by Crippen LogP contribution is 2.43. The molecule has 49 heavy (non-hydrogen) atoms. The van der Waals surface area contributed by atoms with Crippen molar-refractivity contribution in [3.8, 4) is 17.2 Å². The average Bonchev–Trinajstić information content (AvgIpc) is 3.63. The number of carbonyl (C=O) groups excluding carboxylic acids is 2.